The largest absolute Gasteiger partial charge is 0.480 e. The van der Waals surface area contributed by atoms with Gasteiger partial charge in [-0.1, -0.05) is 17.4 Å². The van der Waals surface area contributed by atoms with Crippen molar-refractivity contribution in [3.63, 3.8) is 0 Å². The van der Waals surface area contributed by atoms with Crippen LogP contribution in [0.2, 0.25) is 0 Å². The third-order valence-electron chi connectivity index (χ3n) is 4.64. The van der Waals surface area contributed by atoms with Crippen LogP contribution in [0.3, 0.4) is 0 Å². The third kappa shape index (κ3) is 3.72. The highest BCUT2D eigenvalue weighted by atomic mass is 32.1. The maximum Gasteiger partial charge on any atom is 0.172 e. The second kappa shape index (κ2) is 7.66. The highest BCUT2D eigenvalue weighted by molar-refractivity contribution is 7.16. The van der Waals surface area contributed by atoms with Crippen LogP contribution in [0, 0.1) is 34.0 Å². The minimum atomic E-state index is -0.803. The molecule has 1 aromatic rings. The van der Waals surface area contributed by atoms with Gasteiger partial charge in [-0.25, -0.2) is 4.98 Å². The van der Waals surface area contributed by atoms with Gasteiger partial charge in [0.2, 0.25) is 0 Å². The van der Waals surface area contributed by atoms with Crippen molar-refractivity contribution in [2.75, 3.05) is 18.0 Å². The highest BCUT2D eigenvalue weighted by Gasteiger charge is 2.38. The number of hydrogen-bond acceptors (Lipinski definition) is 7. The molecule has 1 saturated heterocycles. The van der Waals surface area contributed by atoms with Gasteiger partial charge >= 0.3 is 0 Å². The van der Waals surface area contributed by atoms with E-state index in [4.69, 9.17) is 15.3 Å². The minimum absolute atomic E-state index is 0.0558. The Kier molecular flexibility index (Phi) is 5.31. The van der Waals surface area contributed by atoms with Gasteiger partial charge in [0, 0.05) is 18.7 Å². The Morgan fingerprint density at radius 1 is 1.19 bits per heavy atom. The van der Waals surface area contributed by atoms with Crippen LogP contribution < -0.4 is 4.90 Å². The van der Waals surface area contributed by atoms with Gasteiger partial charge in [0.25, 0.3) is 0 Å². The van der Waals surface area contributed by atoms with E-state index in [1.165, 1.54) is 19.3 Å². The summed E-state index contributed by atoms with van der Waals surface area (Å²) in [5.74, 6) is 0.0558. The molecular weight excluding hydrogens is 358 g/mol. The summed E-state index contributed by atoms with van der Waals surface area (Å²) >= 11 is 1.61. The first kappa shape index (κ1) is 18.7. The van der Waals surface area contributed by atoms with Crippen LogP contribution in [0.25, 0.3) is 6.08 Å². The molecule has 27 heavy (non-hydrogen) atoms. The molecule has 3 rings (SSSR count). The normalized spacial score (nSPS) is 18.8. The maximum absolute atomic E-state index is 9.56. The molecule has 0 bridgehead atoms. The van der Waals surface area contributed by atoms with Crippen LogP contribution in [0.15, 0.2) is 34.8 Å². The number of hydrogen-bond donors (Lipinski definition) is 0. The van der Waals surface area contributed by atoms with Gasteiger partial charge in [0.15, 0.2) is 11.3 Å². The van der Waals surface area contributed by atoms with E-state index in [1.807, 2.05) is 26.1 Å². The lowest BCUT2D eigenvalue weighted by Gasteiger charge is -2.26. The molecule has 0 unspecified atom stereocenters. The van der Waals surface area contributed by atoms with Crippen molar-refractivity contribution in [1.29, 1.82) is 15.8 Å². The van der Waals surface area contributed by atoms with Crippen LogP contribution in [-0.2, 0) is 4.74 Å². The summed E-state index contributed by atoms with van der Waals surface area (Å²) in [4.78, 5) is 6.82. The van der Waals surface area contributed by atoms with Gasteiger partial charge in [-0.2, -0.15) is 15.8 Å². The number of aromatic nitrogens is 1. The standard InChI is InChI=1S/C20H19N5OS/c1-20(2)16(15(12-23)19(26-20)14(10-21)11-22)6-7-17-24-13-18(27-17)25-8-4-3-5-9-25/h6-7,13H,3-5,8-9H2,1-2H3/b7-6+. The topological polar surface area (TPSA) is 96.7 Å². The Hall–Kier alpha value is -3.08. The van der Waals surface area contributed by atoms with Crippen LogP contribution >= 0.6 is 11.3 Å². The van der Waals surface area contributed by atoms with Crippen molar-refractivity contribution in [1.82, 2.24) is 4.98 Å². The number of piperidine rings is 1. The zero-order valence-electron chi connectivity index (χ0n) is 15.3. The number of rotatable bonds is 3. The molecule has 2 aliphatic heterocycles. The SMILES string of the molecule is CC1(C)OC(=C(C#N)C#N)C(C#N)=C1/C=C/c1ncc(N2CCCCC2)s1. The van der Waals surface area contributed by atoms with Crippen LogP contribution in [0.4, 0.5) is 5.00 Å². The number of allylic oxidation sites excluding steroid dienone is 2. The summed E-state index contributed by atoms with van der Waals surface area (Å²) in [7, 11) is 0. The summed E-state index contributed by atoms with van der Waals surface area (Å²) < 4.78 is 5.76. The monoisotopic (exact) mass is 377 g/mol. The van der Waals surface area contributed by atoms with E-state index < -0.39 is 5.60 Å². The van der Waals surface area contributed by atoms with Crippen molar-refractivity contribution < 1.29 is 4.74 Å². The summed E-state index contributed by atoms with van der Waals surface area (Å²) in [5.41, 5.74) is -0.132. The average molecular weight is 377 g/mol. The summed E-state index contributed by atoms with van der Waals surface area (Å²) in [5, 5.41) is 29.8. The molecule has 6 nitrogen and oxygen atoms in total. The molecule has 0 aliphatic carbocycles. The van der Waals surface area contributed by atoms with Crippen LogP contribution in [0.5, 0.6) is 0 Å². The predicted molar refractivity (Wildman–Crippen MR) is 103 cm³/mol. The molecule has 7 heteroatoms. The predicted octanol–water partition coefficient (Wildman–Crippen LogP) is 4.08. The summed E-state index contributed by atoms with van der Waals surface area (Å²) in [6, 6.07) is 5.68. The maximum atomic E-state index is 9.56. The highest BCUT2D eigenvalue weighted by Crippen LogP contribution is 2.40. The van der Waals surface area contributed by atoms with Crippen LogP contribution in [-0.4, -0.2) is 23.7 Å². The zero-order chi connectivity index (χ0) is 19.4. The van der Waals surface area contributed by atoms with Gasteiger partial charge < -0.3 is 9.64 Å². The molecule has 0 saturated carbocycles. The molecule has 3 heterocycles. The Morgan fingerprint density at radius 3 is 2.52 bits per heavy atom. The second-order valence-corrected chi connectivity index (χ2v) is 7.90. The Morgan fingerprint density at radius 2 is 1.89 bits per heavy atom. The molecule has 0 amide bonds. The lowest BCUT2D eigenvalue weighted by molar-refractivity contribution is 0.0954. The van der Waals surface area contributed by atoms with E-state index in [9.17, 15) is 5.26 Å². The Bertz CT molecular complexity index is 940. The fourth-order valence-corrected chi connectivity index (χ4v) is 4.13. The fraction of sp³-hybridized carbons (Fsp3) is 0.400. The van der Waals surface area contributed by atoms with Crippen LogP contribution in [0.1, 0.15) is 38.1 Å². The molecular formula is C20H19N5OS. The van der Waals surface area contributed by atoms with Crippen molar-refractivity contribution in [3.05, 3.63) is 39.8 Å². The third-order valence-corrected chi connectivity index (χ3v) is 5.66. The fourth-order valence-electron chi connectivity index (χ4n) is 3.25. The van der Waals surface area contributed by atoms with E-state index in [0.717, 1.165) is 23.1 Å². The Balaban J connectivity index is 1.91. The van der Waals surface area contributed by atoms with E-state index >= 15 is 0 Å². The first-order valence-corrected chi connectivity index (χ1v) is 9.59. The number of anilines is 1. The number of nitrogens with zero attached hydrogens (tertiary/aromatic N) is 5. The molecule has 0 radical (unpaired) electrons. The van der Waals surface area contributed by atoms with Crippen molar-refractivity contribution in [2.45, 2.75) is 38.7 Å². The Labute approximate surface area is 162 Å². The van der Waals surface area contributed by atoms with Gasteiger partial charge in [-0.3, -0.25) is 0 Å². The molecule has 136 valence electrons. The molecule has 0 aromatic carbocycles. The van der Waals surface area contributed by atoms with Crippen molar-refractivity contribution in [3.8, 4) is 18.2 Å². The first-order chi connectivity index (χ1) is 13.0. The average Bonchev–Trinajstić information content (AvgIpc) is 3.24. The number of thiazole rings is 1. The summed E-state index contributed by atoms with van der Waals surface area (Å²) in [6.07, 6.45) is 9.25. The first-order valence-electron chi connectivity index (χ1n) is 8.77. The van der Waals surface area contributed by atoms with E-state index in [1.54, 1.807) is 29.6 Å². The van der Waals surface area contributed by atoms with E-state index in [0.29, 0.717) is 5.57 Å². The van der Waals surface area contributed by atoms with Gasteiger partial charge in [-0.15, -0.1) is 0 Å². The quantitative estimate of drug-likeness (QED) is 0.736. The van der Waals surface area contributed by atoms with Gasteiger partial charge in [0.05, 0.1) is 6.20 Å². The van der Waals surface area contributed by atoms with Gasteiger partial charge in [-0.05, 0) is 39.2 Å². The smallest absolute Gasteiger partial charge is 0.172 e. The summed E-state index contributed by atoms with van der Waals surface area (Å²) in [6.45, 7) is 5.75. The molecule has 0 atom stereocenters. The molecule has 1 fully saturated rings. The number of nitriles is 3. The molecule has 2 aliphatic rings. The van der Waals surface area contributed by atoms with Gasteiger partial charge in [0.1, 0.15) is 39.4 Å². The van der Waals surface area contributed by atoms with E-state index in [2.05, 4.69) is 16.0 Å². The van der Waals surface area contributed by atoms with Crippen molar-refractivity contribution >= 4 is 22.4 Å². The van der Waals surface area contributed by atoms with E-state index in [-0.39, 0.29) is 16.9 Å². The molecule has 1 aromatic heterocycles. The van der Waals surface area contributed by atoms with Crippen molar-refractivity contribution in [2.24, 2.45) is 0 Å². The second-order valence-electron chi connectivity index (χ2n) is 6.86. The number of ether oxygens (including phenoxy) is 1. The lowest BCUT2D eigenvalue weighted by atomic mass is 9.95. The lowest BCUT2D eigenvalue weighted by Crippen LogP contribution is -2.28. The molecule has 0 N–H and O–H groups in total. The molecule has 0 spiro atoms. The minimum Gasteiger partial charge on any atom is -0.480 e. The zero-order valence-corrected chi connectivity index (χ0v) is 16.1.